The van der Waals surface area contributed by atoms with E-state index in [1.54, 1.807) is 12.4 Å². The quantitative estimate of drug-likeness (QED) is 0.758. The van der Waals surface area contributed by atoms with Gasteiger partial charge in [-0.2, -0.15) is 0 Å². The van der Waals surface area contributed by atoms with Crippen molar-refractivity contribution in [1.82, 2.24) is 14.8 Å². The first kappa shape index (κ1) is 15.5. The predicted molar refractivity (Wildman–Crippen MR) is 78.1 cm³/mol. The Labute approximate surface area is 116 Å². The second kappa shape index (κ2) is 8.51. The molecule has 4 nitrogen and oxygen atoms in total. The number of likely N-dealkylation sites (N-methyl/N-ethyl adjacent to an activating group) is 1. The monoisotopic (exact) mass is 263 g/mol. The van der Waals surface area contributed by atoms with Crippen LogP contribution in [0.5, 0.6) is 0 Å². The molecule has 1 aromatic heterocycles. The lowest BCUT2D eigenvalue weighted by Crippen LogP contribution is -2.42. The van der Waals surface area contributed by atoms with Gasteiger partial charge in [-0.1, -0.05) is 13.8 Å². The van der Waals surface area contributed by atoms with Crippen LogP contribution in [0.4, 0.5) is 4.79 Å². The normalized spacial score (nSPS) is 10.3. The zero-order valence-corrected chi connectivity index (χ0v) is 12.3. The smallest absolute Gasteiger partial charge is 0.319 e. The van der Waals surface area contributed by atoms with Crippen molar-refractivity contribution in [1.29, 1.82) is 0 Å². The summed E-state index contributed by atoms with van der Waals surface area (Å²) in [7, 11) is 1.88. The van der Waals surface area contributed by atoms with Crippen LogP contribution in [0.15, 0.2) is 24.5 Å². The van der Waals surface area contributed by atoms with Crippen molar-refractivity contribution < 1.29 is 4.79 Å². The van der Waals surface area contributed by atoms with E-state index < -0.39 is 0 Å². The molecule has 0 saturated heterocycles. The lowest BCUT2D eigenvalue weighted by molar-refractivity contribution is 0.163. The molecule has 2 amide bonds. The fraction of sp³-hybridized carbons (Fsp3) is 0.600. The maximum absolute atomic E-state index is 12.3. The highest BCUT2D eigenvalue weighted by Crippen LogP contribution is 2.03. The molecule has 0 saturated carbocycles. The molecule has 19 heavy (non-hydrogen) atoms. The Kier molecular flexibility index (Phi) is 6.93. The van der Waals surface area contributed by atoms with Crippen LogP contribution in [0, 0.1) is 0 Å². The highest BCUT2D eigenvalue weighted by Gasteiger charge is 2.15. The Morgan fingerprint density at radius 2 is 1.68 bits per heavy atom. The zero-order valence-electron chi connectivity index (χ0n) is 12.3. The molecule has 0 unspecified atom stereocenters. The second-order valence-electron chi connectivity index (χ2n) is 4.80. The van der Waals surface area contributed by atoms with Crippen molar-refractivity contribution in [3.63, 3.8) is 0 Å². The molecular weight excluding hydrogens is 238 g/mol. The lowest BCUT2D eigenvalue weighted by atomic mass is 10.2. The van der Waals surface area contributed by atoms with Crippen LogP contribution >= 0.6 is 0 Å². The average Bonchev–Trinajstić information content (AvgIpc) is 2.45. The van der Waals surface area contributed by atoms with Gasteiger partial charge >= 0.3 is 6.03 Å². The molecule has 0 atom stereocenters. The summed E-state index contributed by atoms with van der Waals surface area (Å²) in [6.07, 6.45) is 6.46. The average molecular weight is 263 g/mol. The molecule has 0 bridgehead atoms. The van der Waals surface area contributed by atoms with Crippen molar-refractivity contribution in [2.24, 2.45) is 0 Å². The van der Waals surface area contributed by atoms with Gasteiger partial charge in [-0.3, -0.25) is 4.98 Å². The molecular formula is C15H25N3O. The molecule has 0 spiro atoms. The number of amides is 2. The third-order valence-corrected chi connectivity index (χ3v) is 3.07. The summed E-state index contributed by atoms with van der Waals surface area (Å²) in [6, 6.07) is 4.13. The minimum atomic E-state index is 0.137. The first-order chi connectivity index (χ1) is 9.19. The van der Waals surface area contributed by atoms with Crippen LogP contribution in [-0.4, -0.2) is 47.5 Å². The summed E-state index contributed by atoms with van der Waals surface area (Å²) >= 11 is 0. The van der Waals surface area contributed by atoms with E-state index in [4.69, 9.17) is 0 Å². The van der Waals surface area contributed by atoms with Gasteiger partial charge in [-0.15, -0.1) is 0 Å². The first-order valence-corrected chi connectivity index (χ1v) is 7.08. The van der Waals surface area contributed by atoms with E-state index in [0.717, 1.165) is 38.9 Å². The van der Waals surface area contributed by atoms with Gasteiger partial charge < -0.3 is 9.80 Å². The van der Waals surface area contributed by atoms with Crippen LogP contribution in [-0.2, 0) is 6.42 Å². The van der Waals surface area contributed by atoms with E-state index in [9.17, 15) is 4.79 Å². The number of aromatic nitrogens is 1. The predicted octanol–water partition coefficient (Wildman–Crippen LogP) is 2.80. The van der Waals surface area contributed by atoms with Crippen LogP contribution in [0.3, 0.4) is 0 Å². The van der Waals surface area contributed by atoms with Crippen molar-refractivity contribution >= 4 is 6.03 Å². The third-order valence-electron chi connectivity index (χ3n) is 3.07. The molecule has 0 N–H and O–H groups in total. The summed E-state index contributed by atoms with van der Waals surface area (Å²) < 4.78 is 0. The van der Waals surface area contributed by atoms with Gasteiger partial charge in [0.05, 0.1) is 0 Å². The van der Waals surface area contributed by atoms with Gasteiger partial charge in [-0.05, 0) is 37.0 Å². The Morgan fingerprint density at radius 1 is 1.11 bits per heavy atom. The van der Waals surface area contributed by atoms with Crippen LogP contribution < -0.4 is 0 Å². The van der Waals surface area contributed by atoms with E-state index in [0.29, 0.717) is 0 Å². The Balaban J connectivity index is 2.46. The molecule has 1 heterocycles. The van der Waals surface area contributed by atoms with Crippen LogP contribution in [0.1, 0.15) is 32.3 Å². The molecule has 1 aromatic rings. The molecule has 4 heteroatoms. The van der Waals surface area contributed by atoms with Gasteiger partial charge in [0, 0.05) is 39.1 Å². The standard InChI is InChI=1S/C15H25N3O/c1-4-11-18(12-5-2)15(19)17(3)13-8-14-6-9-16-10-7-14/h6-7,9-10H,4-5,8,11-13H2,1-3H3. The number of nitrogens with zero attached hydrogens (tertiary/aromatic N) is 3. The number of hydrogen-bond acceptors (Lipinski definition) is 2. The van der Waals surface area contributed by atoms with Crippen LogP contribution in [0.25, 0.3) is 0 Å². The summed E-state index contributed by atoms with van der Waals surface area (Å²) in [5.41, 5.74) is 1.21. The van der Waals surface area contributed by atoms with Gasteiger partial charge in [0.25, 0.3) is 0 Å². The SMILES string of the molecule is CCCN(CCC)C(=O)N(C)CCc1ccncc1. The molecule has 106 valence electrons. The fourth-order valence-corrected chi connectivity index (χ4v) is 2.03. The maximum atomic E-state index is 12.3. The first-order valence-electron chi connectivity index (χ1n) is 7.08. The van der Waals surface area contributed by atoms with E-state index in [1.807, 2.05) is 29.0 Å². The Morgan fingerprint density at radius 3 is 2.21 bits per heavy atom. The summed E-state index contributed by atoms with van der Waals surface area (Å²) in [5.74, 6) is 0. The maximum Gasteiger partial charge on any atom is 0.319 e. The van der Waals surface area contributed by atoms with E-state index in [1.165, 1.54) is 5.56 Å². The van der Waals surface area contributed by atoms with E-state index in [2.05, 4.69) is 18.8 Å². The number of urea groups is 1. The molecule has 0 fully saturated rings. The summed E-state index contributed by atoms with van der Waals surface area (Å²) in [6.45, 7) is 6.63. The molecule has 0 aliphatic rings. The summed E-state index contributed by atoms with van der Waals surface area (Å²) in [4.78, 5) is 20.0. The number of carbonyl (C=O) groups is 1. The lowest BCUT2D eigenvalue weighted by Gasteiger charge is -2.27. The molecule has 0 aliphatic carbocycles. The van der Waals surface area contributed by atoms with Gasteiger partial charge in [0.15, 0.2) is 0 Å². The number of pyridine rings is 1. The van der Waals surface area contributed by atoms with Crippen molar-refractivity contribution in [3.8, 4) is 0 Å². The minimum absolute atomic E-state index is 0.137. The third kappa shape index (κ3) is 5.28. The van der Waals surface area contributed by atoms with Gasteiger partial charge in [0.2, 0.25) is 0 Å². The van der Waals surface area contributed by atoms with Crippen molar-refractivity contribution in [2.45, 2.75) is 33.1 Å². The summed E-state index contributed by atoms with van der Waals surface area (Å²) in [5, 5.41) is 0. The Hall–Kier alpha value is -1.58. The number of hydrogen-bond donors (Lipinski definition) is 0. The molecule has 1 rings (SSSR count). The topological polar surface area (TPSA) is 36.4 Å². The molecule has 0 radical (unpaired) electrons. The van der Waals surface area contributed by atoms with Crippen LogP contribution in [0.2, 0.25) is 0 Å². The molecule has 0 aliphatic heterocycles. The van der Waals surface area contributed by atoms with E-state index >= 15 is 0 Å². The van der Waals surface area contributed by atoms with E-state index in [-0.39, 0.29) is 6.03 Å². The minimum Gasteiger partial charge on any atom is -0.327 e. The Bertz CT molecular complexity index is 361. The van der Waals surface area contributed by atoms with Crippen molar-refractivity contribution in [3.05, 3.63) is 30.1 Å². The highest BCUT2D eigenvalue weighted by molar-refractivity contribution is 5.74. The fourth-order valence-electron chi connectivity index (χ4n) is 2.03. The zero-order chi connectivity index (χ0) is 14.1. The highest BCUT2D eigenvalue weighted by atomic mass is 16.2. The second-order valence-corrected chi connectivity index (χ2v) is 4.80. The number of carbonyl (C=O) groups excluding carboxylic acids is 1. The largest absolute Gasteiger partial charge is 0.327 e. The van der Waals surface area contributed by atoms with Gasteiger partial charge in [-0.25, -0.2) is 4.79 Å². The molecule has 0 aromatic carbocycles. The number of rotatable bonds is 7. The van der Waals surface area contributed by atoms with Crippen molar-refractivity contribution in [2.75, 3.05) is 26.7 Å². The van der Waals surface area contributed by atoms with Gasteiger partial charge in [0.1, 0.15) is 0 Å².